The van der Waals surface area contributed by atoms with Crippen LogP contribution in [0.2, 0.25) is 0 Å². The van der Waals surface area contributed by atoms with Gasteiger partial charge in [-0.15, -0.1) is 0 Å². The maximum Gasteiger partial charge on any atom is 0.228 e. The lowest BCUT2D eigenvalue weighted by Gasteiger charge is -2.07. The number of hydrogen-bond acceptors (Lipinski definition) is 2. The van der Waals surface area contributed by atoms with Gasteiger partial charge in [-0.3, -0.25) is 4.79 Å². The van der Waals surface area contributed by atoms with E-state index in [-0.39, 0.29) is 24.8 Å². The molecule has 1 amide bonds. The van der Waals surface area contributed by atoms with E-state index in [1.165, 1.54) is 6.07 Å². The average molecular weight is 259 g/mol. The predicted octanol–water partition coefficient (Wildman–Crippen LogP) is 2.50. The summed E-state index contributed by atoms with van der Waals surface area (Å²) in [5, 5.41) is 11.7. The highest BCUT2D eigenvalue weighted by atomic mass is 19.1. The van der Waals surface area contributed by atoms with Crippen LogP contribution in [0.1, 0.15) is 11.1 Å². The highest BCUT2D eigenvalue weighted by molar-refractivity contribution is 5.92. The van der Waals surface area contributed by atoms with Gasteiger partial charge in [0.2, 0.25) is 5.91 Å². The number of hydrogen-bond donors (Lipinski definition) is 2. The molecule has 0 fully saturated rings. The zero-order valence-corrected chi connectivity index (χ0v) is 10.3. The van der Waals surface area contributed by atoms with E-state index in [2.05, 4.69) is 5.32 Å². The number of carbonyl (C=O) groups excluding carboxylic acids is 1. The van der Waals surface area contributed by atoms with Gasteiger partial charge >= 0.3 is 0 Å². The first-order valence-electron chi connectivity index (χ1n) is 5.92. The molecule has 3 nitrogen and oxygen atoms in total. The van der Waals surface area contributed by atoms with Crippen molar-refractivity contribution in [2.75, 3.05) is 5.32 Å². The Morgan fingerprint density at radius 1 is 1.16 bits per heavy atom. The summed E-state index contributed by atoms with van der Waals surface area (Å²) >= 11 is 0. The summed E-state index contributed by atoms with van der Waals surface area (Å²) < 4.78 is 13.4. The van der Waals surface area contributed by atoms with Crippen molar-refractivity contribution in [2.45, 2.75) is 13.0 Å². The Labute approximate surface area is 110 Å². The molecular formula is C15H14FNO2. The maximum absolute atomic E-state index is 13.4. The first kappa shape index (κ1) is 13.2. The Bertz CT molecular complexity index is 584. The third kappa shape index (κ3) is 3.63. The Morgan fingerprint density at radius 3 is 2.68 bits per heavy atom. The van der Waals surface area contributed by atoms with Crippen molar-refractivity contribution in [1.29, 1.82) is 0 Å². The van der Waals surface area contributed by atoms with Gasteiger partial charge < -0.3 is 10.4 Å². The molecule has 2 rings (SSSR count). The molecule has 0 bridgehead atoms. The average Bonchev–Trinajstić information content (AvgIpc) is 2.41. The van der Waals surface area contributed by atoms with E-state index in [0.29, 0.717) is 16.8 Å². The molecule has 0 radical (unpaired) electrons. The van der Waals surface area contributed by atoms with Crippen molar-refractivity contribution >= 4 is 11.6 Å². The molecule has 0 saturated carbocycles. The van der Waals surface area contributed by atoms with Crippen LogP contribution in [0, 0.1) is 5.82 Å². The van der Waals surface area contributed by atoms with Crippen LogP contribution >= 0.6 is 0 Å². The fourth-order valence-electron chi connectivity index (χ4n) is 1.77. The summed E-state index contributed by atoms with van der Waals surface area (Å²) in [7, 11) is 0. The van der Waals surface area contributed by atoms with E-state index >= 15 is 0 Å². The topological polar surface area (TPSA) is 49.3 Å². The molecule has 0 aliphatic heterocycles. The summed E-state index contributed by atoms with van der Waals surface area (Å²) in [6.45, 7) is -0.0863. The minimum Gasteiger partial charge on any atom is -0.392 e. The van der Waals surface area contributed by atoms with Crippen LogP contribution < -0.4 is 5.32 Å². The van der Waals surface area contributed by atoms with Crippen molar-refractivity contribution in [3.8, 4) is 0 Å². The smallest absolute Gasteiger partial charge is 0.228 e. The lowest BCUT2D eigenvalue weighted by Crippen LogP contribution is -2.15. The fourth-order valence-corrected chi connectivity index (χ4v) is 1.77. The summed E-state index contributed by atoms with van der Waals surface area (Å²) in [6, 6.07) is 13.1. The largest absolute Gasteiger partial charge is 0.392 e. The molecule has 98 valence electrons. The van der Waals surface area contributed by atoms with Crippen LogP contribution in [-0.4, -0.2) is 11.0 Å². The van der Waals surface area contributed by atoms with Gasteiger partial charge in [-0.2, -0.15) is 0 Å². The number of amides is 1. The Balaban J connectivity index is 2.03. The maximum atomic E-state index is 13.4. The molecule has 0 spiro atoms. The number of anilines is 1. The zero-order chi connectivity index (χ0) is 13.7. The molecule has 2 aromatic carbocycles. The normalized spacial score (nSPS) is 10.2. The summed E-state index contributed by atoms with van der Waals surface area (Å²) in [5.74, 6) is -0.679. The quantitative estimate of drug-likeness (QED) is 0.886. The molecule has 0 unspecified atom stereocenters. The third-order valence-electron chi connectivity index (χ3n) is 2.70. The highest BCUT2D eigenvalue weighted by Gasteiger charge is 2.08. The number of nitrogens with one attached hydrogen (secondary N) is 1. The van der Waals surface area contributed by atoms with Gasteiger partial charge in [-0.25, -0.2) is 4.39 Å². The second-order valence-electron chi connectivity index (χ2n) is 4.17. The molecule has 0 atom stereocenters. The summed E-state index contributed by atoms with van der Waals surface area (Å²) in [4.78, 5) is 11.8. The van der Waals surface area contributed by atoms with Crippen LogP contribution in [0.3, 0.4) is 0 Å². The predicted molar refractivity (Wildman–Crippen MR) is 71.1 cm³/mol. The van der Waals surface area contributed by atoms with Gasteiger partial charge in [0.1, 0.15) is 5.82 Å². The van der Waals surface area contributed by atoms with E-state index in [9.17, 15) is 9.18 Å². The molecule has 0 aromatic heterocycles. The van der Waals surface area contributed by atoms with E-state index in [1.54, 1.807) is 42.5 Å². The molecule has 2 aromatic rings. The van der Waals surface area contributed by atoms with Crippen molar-refractivity contribution in [1.82, 2.24) is 0 Å². The van der Waals surface area contributed by atoms with E-state index in [4.69, 9.17) is 5.11 Å². The lowest BCUT2D eigenvalue weighted by molar-refractivity contribution is -0.115. The van der Waals surface area contributed by atoms with E-state index < -0.39 is 0 Å². The molecule has 0 saturated heterocycles. The number of rotatable bonds is 4. The standard InChI is InChI=1S/C15H14FNO2/c16-14-7-2-1-5-12(14)9-15(19)17-13-6-3-4-11(8-13)10-18/h1-8,18H,9-10H2,(H,17,19). The zero-order valence-electron chi connectivity index (χ0n) is 10.3. The monoisotopic (exact) mass is 259 g/mol. The summed E-state index contributed by atoms with van der Waals surface area (Å²) in [5.41, 5.74) is 1.66. The number of halogens is 1. The first-order chi connectivity index (χ1) is 9.19. The van der Waals surface area contributed by atoms with Gasteiger partial charge in [-0.1, -0.05) is 30.3 Å². The number of benzene rings is 2. The minimum atomic E-state index is -0.387. The number of aliphatic hydroxyl groups is 1. The second kappa shape index (κ2) is 6.11. The van der Waals surface area contributed by atoms with Gasteiger partial charge in [0, 0.05) is 5.69 Å². The van der Waals surface area contributed by atoms with Gasteiger partial charge in [0.15, 0.2) is 0 Å². The van der Waals surface area contributed by atoms with Crippen molar-refractivity contribution in [3.63, 3.8) is 0 Å². The number of aliphatic hydroxyl groups excluding tert-OH is 1. The lowest BCUT2D eigenvalue weighted by atomic mass is 10.1. The molecule has 0 aliphatic carbocycles. The summed E-state index contributed by atoms with van der Waals surface area (Å²) in [6.07, 6.45) is -0.0178. The third-order valence-corrected chi connectivity index (χ3v) is 2.70. The van der Waals surface area contributed by atoms with Gasteiger partial charge in [0.05, 0.1) is 13.0 Å². The van der Waals surface area contributed by atoms with Crippen LogP contribution in [0.15, 0.2) is 48.5 Å². The van der Waals surface area contributed by atoms with E-state index in [0.717, 1.165) is 0 Å². The molecule has 0 aliphatic rings. The van der Waals surface area contributed by atoms with Crippen LogP contribution in [-0.2, 0) is 17.8 Å². The molecule has 4 heteroatoms. The first-order valence-corrected chi connectivity index (χ1v) is 5.92. The van der Waals surface area contributed by atoms with Crippen LogP contribution in [0.25, 0.3) is 0 Å². The van der Waals surface area contributed by atoms with Crippen LogP contribution in [0.4, 0.5) is 10.1 Å². The molecule has 19 heavy (non-hydrogen) atoms. The Morgan fingerprint density at radius 2 is 1.95 bits per heavy atom. The van der Waals surface area contributed by atoms with Crippen molar-refractivity contribution in [3.05, 3.63) is 65.5 Å². The second-order valence-corrected chi connectivity index (χ2v) is 4.17. The van der Waals surface area contributed by atoms with Crippen LogP contribution in [0.5, 0.6) is 0 Å². The Hall–Kier alpha value is -2.20. The van der Waals surface area contributed by atoms with Crippen molar-refractivity contribution in [2.24, 2.45) is 0 Å². The van der Waals surface area contributed by atoms with Crippen molar-refractivity contribution < 1.29 is 14.3 Å². The molecule has 0 heterocycles. The molecule has 2 N–H and O–H groups in total. The molecular weight excluding hydrogens is 245 g/mol. The van der Waals surface area contributed by atoms with Gasteiger partial charge in [0.25, 0.3) is 0 Å². The fraction of sp³-hybridized carbons (Fsp3) is 0.133. The number of carbonyl (C=O) groups is 1. The SMILES string of the molecule is O=C(Cc1ccccc1F)Nc1cccc(CO)c1. The Kier molecular flexibility index (Phi) is 4.26. The minimum absolute atomic E-state index is 0.0178. The highest BCUT2D eigenvalue weighted by Crippen LogP contribution is 2.12. The van der Waals surface area contributed by atoms with Gasteiger partial charge in [-0.05, 0) is 29.3 Å². The van der Waals surface area contributed by atoms with E-state index in [1.807, 2.05) is 0 Å².